The van der Waals surface area contributed by atoms with E-state index in [2.05, 4.69) is 19.1 Å². The van der Waals surface area contributed by atoms with Crippen LogP contribution in [-0.2, 0) is 6.42 Å². The Balaban J connectivity index is 2.30. The average Bonchev–Trinajstić information content (AvgIpc) is 2.88. The standard InChI is InChI=1S/C17H23N3O/c1-5-13-6-8-15(9-7-13)19(4)17(21)16-10-14(18)11-20(16)12(2)3/h6-12H,5,18H2,1-4H3. The molecule has 0 aliphatic rings. The van der Waals surface area contributed by atoms with Gasteiger partial charge in [-0.3, -0.25) is 4.79 Å². The Bertz CT molecular complexity index is 626. The number of carbonyl (C=O) groups is 1. The number of carbonyl (C=O) groups excluding carboxylic acids is 1. The number of rotatable bonds is 4. The first-order valence-corrected chi connectivity index (χ1v) is 7.28. The first-order valence-electron chi connectivity index (χ1n) is 7.28. The van der Waals surface area contributed by atoms with Gasteiger partial charge >= 0.3 is 0 Å². The Morgan fingerprint density at radius 2 is 1.90 bits per heavy atom. The highest BCUT2D eigenvalue weighted by atomic mass is 16.2. The maximum atomic E-state index is 12.7. The summed E-state index contributed by atoms with van der Waals surface area (Å²) in [5, 5.41) is 0. The summed E-state index contributed by atoms with van der Waals surface area (Å²) < 4.78 is 1.91. The molecule has 0 fully saturated rings. The minimum absolute atomic E-state index is 0.0513. The summed E-state index contributed by atoms with van der Waals surface area (Å²) >= 11 is 0. The maximum Gasteiger partial charge on any atom is 0.274 e. The van der Waals surface area contributed by atoms with Crippen molar-refractivity contribution in [1.82, 2.24) is 4.57 Å². The van der Waals surface area contributed by atoms with Crippen LogP contribution in [0.5, 0.6) is 0 Å². The van der Waals surface area contributed by atoms with Crippen LogP contribution in [-0.4, -0.2) is 17.5 Å². The smallest absolute Gasteiger partial charge is 0.274 e. The fraction of sp³-hybridized carbons (Fsp3) is 0.353. The Labute approximate surface area is 126 Å². The Hall–Kier alpha value is -2.23. The number of hydrogen-bond donors (Lipinski definition) is 1. The van der Waals surface area contributed by atoms with Crippen LogP contribution in [0.4, 0.5) is 11.4 Å². The van der Waals surface area contributed by atoms with E-state index in [4.69, 9.17) is 5.73 Å². The van der Waals surface area contributed by atoms with Crippen molar-refractivity contribution in [3.05, 3.63) is 47.8 Å². The van der Waals surface area contributed by atoms with Crippen LogP contribution in [0.25, 0.3) is 0 Å². The first kappa shape index (κ1) is 15.2. The van der Waals surface area contributed by atoms with Crippen LogP contribution < -0.4 is 10.6 Å². The van der Waals surface area contributed by atoms with Crippen LogP contribution in [0.15, 0.2) is 36.5 Å². The summed E-state index contributed by atoms with van der Waals surface area (Å²) in [5.74, 6) is -0.0513. The number of aryl methyl sites for hydroxylation is 1. The molecule has 0 unspecified atom stereocenters. The Morgan fingerprint density at radius 3 is 2.43 bits per heavy atom. The number of amides is 1. The third-order valence-electron chi connectivity index (χ3n) is 3.68. The molecule has 1 aromatic heterocycles. The molecule has 2 rings (SSSR count). The SMILES string of the molecule is CCc1ccc(N(C)C(=O)c2cc(N)cn2C(C)C)cc1. The molecule has 2 N–H and O–H groups in total. The normalized spacial score (nSPS) is 10.9. The van der Waals surface area contributed by atoms with E-state index < -0.39 is 0 Å². The molecular weight excluding hydrogens is 262 g/mol. The van der Waals surface area contributed by atoms with E-state index in [-0.39, 0.29) is 11.9 Å². The van der Waals surface area contributed by atoms with Crippen molar-refractivity contribution in [2.24, 2.45) is 0 Å². The van der Waals surface area contributed by atoms with E-state index in [1.807, 2.05) is 36.7 Å². The molecule has 4 nitrogen and oxygen atoms in total. The van der Waals surface area contributed by atoms with Gasteiger partial charge in [-0.2, -0.15) is 0 Å². The monoisotopic (exact) mass is 285 g/mol. The molecule has 1 aromatic carbocycles. The number of benzene rings is 1. The lowest BCUT2D eigenvalue weighted by molar-refractivity contribution is 0.0982. The van der Waals surface area contributed by atoms with E-state index in [0.717, 1.165) is 12.1 Å². The zero-order chi connectivity index (χ0) is 15.6. The number of anilines is 2. The molecule has 21 heavy (non-hydrogen) atoms. The van der Waals surface area contributed by atoms with Crippen molar-refractivity contribution in [1.29, 1.82) is 0 Å². The highest BCUT2D eigenvalue weighted by Gasteiger charge is 2.19. The average molecular weight is 285 g/mol. The number of nitrogen functional groups attached to an aromatic ring is 1. The topological polar surface area (TPSA) is 51.3 Å². The van der Waals surface area contributed by atoms with Gasteiger partial charge in [-0.05, 0) is 44.0 Å². The van der Waals surface area contributed by atoms with E-state index in [1.54, 1.807) is 18.0 Å². The van der Waals surface area contributed by atoms with Crippen molar-refractivity contribution < 1.29 is 4.79 Å². The molecule has 4 heteroatoms. The van der Waals surface area contributed by atoms with Crippen LogP contribution in [0.3, 0.4) is 0 Å². The largest absolute Gasteiger partial charge is 0.397 e. The molecule has 0 saturated carbocycles. The Morgan fingerprint density at radius 1 is 1.29 bits per heavy atom. The summed E-state index contributed by atoms with van der Waals surface area (Å²) in [6.45, 7) is 6.18. The van der Waals surface area contributed by atoms with Gasteiger partial charge in [-0.25, -0.2) is 0 Å². The van der Waals surface area contributed by atoms with E-state index >= 15 is 0 Å². The second-order valence-corrected chi connectivity index (χ2v) is 5.54. The zero-order valence-electron chi connectivity index (χ0n) is 13.1. The molecule has 0 atom stereocenters. The van der Waals surface area contributed by atoms with Gasteiger partial charge in [0, 0.05) is 25.0 Å². The van der Waals surface area contributed by atoms with Gasteiger partial charge in [0.15, 0.2) is 0 Å². The van der Waals surface area contributed by atoms with Crippen LogP contribution in [0, 0.1) is 0 Å². The second kappa shape index (κ2) is 6.04. The molecule has 0 saturated heterocycles. The number of nitrogens with zero attached hydrogens (tertiary/aromatic N) is 2. The van der Waals surface area contributed by atoms with E-state index in [1.165, 1.54) is 5.56 Å². The lowest BCUT2D eigenvalue weighted by atomic mass is 10.1. The quantitative estimate of drug-likeness (QED) is 0.935. The molecule has 1 amide bonds. The third-order valence-corrected chi connectivity index (χ3v) is 3.68. The van der Waals surface area contributed by atoms with Crippen LogP contribution in [0.1, 0.15) is 42.9 Å². The second-order valence-electron chi connectivity index (χ2n) is 5.54. The molecular formula is C17H23N3O. The van der Waals surface area contributed by atoms with Gasteiger partial charge in [0.2, 0.25) is 0 Å². The van der Waals surface area contributed by atoms with Gasteiger partial charge in [0.1, 0.15) is 5.69 Å². The molecule has 112 valence electrons. The van der Waals surface area contributed by atoms with Crippen molar-refractivity contribution in [2.75, 3.05) is 17.7 Å². The number of aromatic nitrogens is 1. The first-order chi connectivity index (χ1) is 9.93. The minimum atomic E-state index is -0.0513. The maximum absolute atomic E-state index is 12.7. The number of hydrogen-bond acceptors (Lipinski definition) is 2. The fourth-order valence-electron chi connectivity index (χ4n) is 2.34. The predicted molar refractivity (Wildman–Crippen MR) is 87.8 cm³/mol. The summed E-state index contributed by atoms with van der Waals surface area (Å²) in [7, 11) is 1.79. The summed E-state index contributed by atoms with van der Waals surface area (Å²) in [5.41, 5.74) is 9.21. The number of nitrogens with two attached hydrogens (primary N) is 1. The summed E-state index contributed by atoms with van der Waals surface area (Å²) in [6.07, 6.45) is 2.80. The molecule has 1 heterocycles. The summed E-state index contributed by atoms with van der Waals surface area (Å²) in [4.78, 5) is 14.3. The molecule has 0 aliphatic heterocycles. The minimum Gasteiger partial charge on any atom is -0.397 e. The van der Waals surface area contributed by atoms with Crippen molar-refractivity contribution in [3.8, 4) is 0 Å². The highest BCUT2D eigenvalue weighted by Crippen LogP contribution is 2.21. The van der Waals surface area contributed by atoms with E-state index in [0.29, 0.717) is 11.4 Å². The van der Waals surface area contributed by atoms with E-state index in [9.17, 15) is 4.79 Å². The lowest BCUT2D eigenvalue weighted by Crippen LogP contribution is -2.28. The molecule has 0 radical (unpaired) electrons. The third kappa shape index (κ3) is 3.10. The fourth-order valence-corrected chi connectivity index (χ4v) is 2.34. The lowest BCUT2D eigenvalue weighted by Gasteiger charge is -2.20. The van der Waals surface area contributed by atoms with Gasteiger partial charge in [0.05, 0.1) is 5.69 Å². The van der Waals surface area contributed by atoms with Crippen LogP contribution in [0.2, 0.25) is 0 Å². The molecule has 2 aromatic rings. The van der Waals surface area contributed by atoms with Gasteiger partial charge in [-0.1, -0.05) is 19.1 Å². The van der Waals surface area contributed by atoms with Crippen molar-refractivity contribution in [3.63, 3.8) is 0 Å². The van der Waals surface area contributed by atoms with Gasteiger partial charge in [-0.15, -0.1) is 0 Å². The van der Waals surface area contributed by atoms with Crippen molar-refractivity contribution >= 4 is 17.3 Å². The van der Waals surface area contributed by atoms with Gasteiger partial charge < -0.3 is 15.2 Å². The molecule has 0 bridgehead atoms. The molecule has 0 aliphatic carbocycles. The van der Waals surface area contributed by atoms with Crippen molar-refractivity contribution in [2.45, 2.75) is 33.2 Å². The molecule has 0 spiro atoms. The zero-order valence-corrected chi connectivity index (χ0v) is 13.1. The van der Waals surface area contributed by atoms with Crippen LogP contribution >= 0.6 is 0 Å². The van der Waals surface area contributed by atoms with Gasteiger partial charge in [0.25, 0.3) is 5.91 Å². The Kier molecular flexibility index (Phi) is 4.36. The highest BCUT2D eigenvalue weighted by molar-refractivity contribution is 6.05. The summed E-state index contributed by atoms with van der Waals surface area (Å²) in [6, 6.07) is 9.98. The predicted octanol–water partition coefficient (Wildman–Crippen LogP) is 3.49.